The van der Waals surface area contributed by atoms with Gasteiger partial charge in [0.15, 0.2) is 0 Å². The van der Waals surface area contributed by atoms with Gasteiger partial charge in [-0.05, 0) is 38.6 Å². The van der Waals surface area contributed by atoms with E-state index in [2.05, 4.69) is 27.9 Å². The molecule has 2 N–H and O–H groups in total. The molecule has 6 heteroatoms. The van der Waals surface area contributed by atoms with Crippen molar-refractivity contribution in [2.75, 3.05) is 20.1 Å². The first-order valence-corrected chi connectivity index (χ1v) is 8.94. The molecule has 0 spiro atoms. The normalized spacial score (nSPS) is 11.1. The van der Waals surface area contributed by atoms with Gasteiger partial charge >= 0.3 is 0 Å². The number of aryl methyl sites for hydroxylation is 1. The fourth-order valence-corrected chi connectivity index (χ4v) is 3.72. The number of aromatic nitrogens is 2. The van der Waals surface area contributed by atoms with Crippen molar-refractivity contribution in [3.8, 4) is 0 Å². The highest BCUT2D eigenvalue weighted by Crippen LogP contribution is 2.28. The number of thiophene rings is 1. The highest BCUT2D eigenvalue weighted by atomic mass is 32.1. The Kier molecular flexibility index (Phi) is 5.27. The van der Waals surface area contributed by atoms with Gasteiger partial charge in [-0.3, -0.25) is 9.48 Å². The van der Waals surface area contributed by atoms with E-state index in [9.17, 15) is 4.79 Å². The van der Waals surface area contributed by atoms with Gasteiger partial charge in [-0.1, -0.05) is 30.3 Å². The summed E-state index contributed by atoms with van der Waals surface area (Å²) in [5, 5.41) is 11.7. The first-order valence-electron chi connectivity index (χ1n) is 8.12. The van der Waals surface area contributed by atoms with E-state index in [1.165, 1.54) is 16.9 Å². The minimum absolute atomic E-state index is 0.00189. The molecule has 0 unspecified atom stereocenters. The van der Waals surface area contributed by atoms with Crippen LogP contribution in [0.3, 0.4) is 0 Å². The summed E-state index contributed by atoms with van der Waals surface area (Å²) >= 11 is 1.51. The van der Waals surface area contributed by atoms with Crippen LogP contribution in [-0.4, -0.2) is 35.8 Å². The van der Waals surface area contributed by atoms with E-state index >= 15 is 0 Å². The van der Waals surface area contributed by atoms with Crippen molar-refractivity contribution >= 4 is 27.5 Å². The van der Waals surface area contributed by atoms with Crippen LogP contribution in [0.4, 0.5) is 0 Å². The summed E-state index contributed by atoms with van der Waals surface area (Å²) in [6.07, 6.45) is 0.925. The number of benzene rings is 1. The smallest absolute Gasteiger partial charge is 0.261 e. The molecule has 0 radical (unpaired) electrons. The van der Waals surface area contributed by atoms with Crippen LogP contribution >= 0.6 is 11.3 Å². The zero-order valence-electron chi connectivity index (χ0n) is 14.0. The van der Waals surface area contributed by atoms with E-state index in [1.807, 2.05) is 42.9 Å². The number of hydrogen-bond donors (Lipinski definition) is 2. The number of rotatable bonds is 7. The van der Waals surface area contributed by atoms with Crippen LogP contribution in [0.5, 0.6) is 0 Å². The molecule has 0 saturated heterocycles. The lowest BCUT2D eigenvalue weighted by Crippen LogP contribution is -2.25. The first kappa shape index (κ1) is 16.7. The van der Waals surface area contributed by atoms with Crippen molar-refractivity contribution in [3.05, 3.63) is 52.5 Å². The molecule has 3 rings (SSSR count). The lowest BCUT2D eigenvalue weighted by molar-refractivity contribution is 0.0957. The average Bonchev–Trinajstić information content (AvgIpc) is 3.14. The Bertz CT molecular complexity index is 822. The van der Waals surface area contributed by atoms with Gasteiger partial charge in [-0.15, -0.1) is 11.3 Å². The molecule has 2 heterocycles. The maximum absolute atomic E-state index is 12.3. The van der Waals surface area contributed by atoms with Crippen molar-refractivity contribution in [2.45, 2.75) is 19.9 Å². The maximum atomic E-state index is 12.3. The van der Waals surface area contributed by atoms with Gasteiger partial charge in [0.2, 0.25) is 0 Å². The number of carbonyl (C=O) groups excluding carboxylic acids is 1. The van der Waals surface area contributed by atoms with Crippen LogP contribution in [0.25, 0.3) is 10.2 Å². The van der Waals surface area contributed by atoms with Gasteiger partial charge in [0.05, 0.1) is 17.1 Å². The van der Waals surface area contributed by atoms with E-state index in [4.69, 9.17) is 0 Å². The Morgan fingerprint density at radius 3 is 2.79 bits per heavy atom. The zero-order chi connectivity index (χ0) is 16.9. The van der Waals surface area contributed by atoms with Crippen molar-refractivity contribution in [1.29, 1.82) is 0 Å². The Morgan fingerprint density at radius 2 is 2.04 bits per heavy atom. The lowest BCUT2D eigenvalue weighted by Gasteiger charge is -2.03. The van der Waals surface area contributed by atoms with Gasteiger partial charge in [-0.2, -0.15) is 5.10 Å². The number of amides is 1. The Balaban J connectivity index is 1.78. The van der Waals surface area contributed by atoms with Crippen molar-refractivity contribution < 1.29 is 4.79 Å². The summed E-state index contributed by atoms with van der Waals surface area (Å²) in [6, 6.07) is 12.2. The van der Waals surface area contributed by atoms with Gasteiger partial charge < -0.3 is 10.6 Å². The predicted molar refractivity (Wildman–Crippen MR) is 98.8 cm³/mol. The zero-order valence-corrected chi connectivity index (χ0v) is 14.8. The van der Waals surface area contributed by atoms with Crippen LogP contribution in [0.15, 0.2) is 36.4 Å². The summed E-state index contributed by atoms with van der Waals surface area (Å²) in [5.41, 5.74) is 2.17. The Hall–Kier alpha value is -2.18. The minimum atomic E-state index is -0.00189. The number of hydrogen-bond acceptors (Lipinski definition) is 4. The third-order valence-electron chi connectivity index (χ3n) is 3.90. The minimum Gasteiger partial charge on any atom is -0.351 e. The molecule has 0 aliphatic heterocycles. The SMILES string of the molecule is CNCCCNC(=O)c1cc2c(C)nn(Cc3ccccc3)c2s1. The fraction of sp³-hybridized carbons (Fsp3) is 0.333. The van der Waals surface area contributed by atoms with Crippen molar-refractivity contribution in [1.82, 2.24) is 20.4 Å². The van der Waals surface area contributed by atoms with Crippen LogP contribution in [0.1, 0.15) is 27.3 Å². The third-order valence-corrected chi connectivity index (χ3v) is 5.04. The van der Waals surface area contributed by atoms with Crippen LogP contribution in [0.2, 0.25) is 0 Å². The molecule has 1 aromatic carbocycles. The lowest BCUT2D eigenvalue weighted by atomic mass is 10.2. The van der Waals surface area contributed by atoms with Crippen molar-refractivity contribution in [2.24, 2.45) is 0 Å². The Labute approximate surface area is 145 Å². The number of nitrogens with one attached hydrogen (secondary N) is 2. The number of nitrogens with zero attached hydrogens (tertiary/aromatic N) is 2. The molecule has 2 aromatic heterocycles. The molecule has 0 fully saturated rings. The molecule has 5 nitrogen and oxygen atoms in total. The second kappa shape index (κ2) is 7.59. The van der Waals surface area contributed by atoms with Gasteiger partial charge in [0, 0.05) is 11.9 Å². The highest BCUT2D eigenvalue weighted by Gasteiger charge is 2.16. The van der Waals surface area contributed by atoms with E-state index in [-0.39, 0.29) is 5.91 Å². The molecule has 3 aromatic rings. The average molecular weight is 342 g/mol. The maximum Gasteiger partial charge on any atom is 0.261 e. The number of fused-ring (bicyclic) bond motifs is 1. The summed E-state index contributed by atoms with van der Waals surface area (Å²) < 4.78 is 1.99. The van der Waals surface area contributed by atoms with Crippen LogP contribution < -0.4 is 10.6 Å². The summed E-state index contributed by atoms with van der Waals surface area (Å²) in [4.78, 5) is 14.1. The molecule has 126 valence electrons. The van der Waals surface area contributed by atoms with E-state index in [0.717, 1.165) is 40.3 Å². The van der Waals surface area contributed by atoms with Crippen LogP contribution in [-0.2, 0) is 6.54 Å². The van der Waals surface area contributed by atoms with Crippen molar-refractivity contribution in [3.63, 3.8) is 0 Å². The van der Waals surface area contributed by atoms with Gasteiger partial charge in [0.25, 0.3) is 5.91 Å². The summed E-state index contributed by atoms with van der Waals surface area (Å²) in [6.45, 7) is 4.29. The van der Waals surface area contributed by atoms with Crippen LogP contribution in [0, 0.1) is 6.92 Å². The second-order valence-corrected chi connectivity index (χ2v) is 6.80. The molecule has 0 aliphatic rings. The first-order chi connectivity index (χ1) is 11.7. The molecule has 0 saturated carbocycles. The van der Waals surface area contributed by atoms with E-state index in [1.54, 1.807) is 0 Å². The summed E-state index contributed by atoms with van der Waals surface area (Å²) in [5.74, 6) is -0.00189. The fourth-order valence-electron chi connectivity index (χ4n) is 2.64. The molecular weight excluding hydrogens is 320 g/mol. The van der Waals surface area contributed by atoms with E-state index < -0.39 is 0 Å². The topological polar surface area (TPSA) is 58.9 Å². The standard InChI is InChI=1S/C18H22N4OS/c1-13-15-11-16(17(23)20-10-6-9-19-2)24-18(15)22(21-13)12-14-7-4-3-5-8-14/h3-5,7-8,11,19H,6,9-10,12H2,1-2H3,(H,20,23). The quantitative estimate of drug-likeness (QED) is 0.649. The third kappa shape index (κ3) is 3.66. The highest BCUT2D eigenvalue weighted by molar-refractivity contribution is 7.20. The predicted octanol–water partition coefficient (Wildman–Crippen LogP) is 2.79. The number of carbonyl (C=O) groups is 1. The molecule has 0 bridgehead atoms. The van der Waals surface area contributed by atoms with Gasteiger partial charge in [0.1, 0.15) is 4.83 Å². The Morgan fingerprint density at radius 1 is 1.25 bits per heavy atom. The monoisotopic (exact) mass is 342 g/mol. The molecule has 1 amide bonds. The van der Waals surface area contributed by atoms with E-state index in [0.29, 0.717) is 6.54 Å². The second-order valence-electron chi connectivity index (χ2n) is 5.77. The summed E-state index contributed by atoms with van der Waals surface area (Å²) in [7, 11) is 1.91. The molecule has 0 atom stereocenters. The van der Waals surface area contributed by atoms with Gasteiger partial charge in [-0.25, -0.2) is 0 Å². The molecule has 0 aliphatic carbocycles. The molecule has 24 heavy (non-hydrogen) atoms. The molecular formula is C18H22N4OS. The largest absolute Gasteiger partial charge is 0.351 e.